The van der Waals surface area contributed by atoms with Gasteiger partial charge in [0.2, 0.25) is 11.8 Å². The summed E-state index contributed by atoms with van der Waals surface area (Å²) in [6.45, 7) is 0.728. The second-order valence-electron chi connectivity index (χ2n) is 9.03. The van der Waals surface area contributed by atoms with Crippen molar-refractivity contribution in [2.75, 3.05) is 21.7 Å². The van der Waals surface area contributed by atoms with Crippen molar-refractivity contribution in [1.82, 2.24) is 4.98 Å². The second-order valence-corrected chi connectivity index (χ2v) is 10.1. The summed E-state index contributed by atoms with van der Waals surface area (Å²) in [7, 11) is 0. The highest BCUT2D eigenvalue weighted by Gasteiger charge is 2.08. The second kappa shape index (κ2) is 13.9. The smallest absolute Gasteiger partial charge is 0.224 e. The third-order valence-electron chi connectivity index (χ3n) is 6.00. The lowest BCUT2D eigenvalue weighted by Gasteiger charge is -2.08. The van der Waals surface area contributed by atoms with E-state index in [1.165, 1.54) is 0 Å². The average molecular weight is 528 g/mol. The van der Waals surface area contributed by atoms with Crippen LogP contribution in [0.25, 0.3) is 10.6 Å². The Morgan fingerprint density at radius 2 is 1.39 bits per heavy atom. The van der Waals surface area contributed by atoms with Gasteiger partial charge >= 0.3 is 0 Å². The minimum absolute atomic E-state index is 0.00133. The number of aromatic nitrogens is 1. The number of para-hydroxylation sites is 3. The minimum atomic E-state index is -0.0399. The number of thiazole rings is 1. The molecule has 8 heteroatoms. The number of carbonyl (C=O) groups excluding carboxylic acids is 2. The number of hydrogen-bond acceptors (Lipinski definition) is 6. The summed E-state index contributed by atoms with van der Waals surface area (Å²) in [5, 5.41) is 10.2. The Labute approximate surface area is 227 Å². The molecular weight excluding hydrogens is 494 g/mol. The Kier molecular flexibility index (Phi) is 9.87. The summed E-state index contributed by atoms with van der Waals surface area (Å²) in [5.41, 5.74) is 9.95. The number of nitrogen functional groups attached to an aromatic ring is 1. The predicted octanol–water partition coefficient (Wildman–Crippen LogP) is 6.92. The number of hydrogen-bond donors (Lipinski definition) is 4. The fraction of sp³-hybridized carbons (Fsp3) is 0.233. The van der Waals surface area contributed by atoms with Crippen LogP contribution < -0.4 is 21.7 Å². The largest absolute Gasteiger partial charge is 0.397 e. The van der Waals surface area contributed by atoms with Gasteiger partial charge in [-0.1, -0.05) is 43.2 Å². The van der Waals surface area contributed by atoms with Crippen molar-refractivity contribution in [1.29, 1.82) is 0 Å². The number of unbranched alkanes of at least 4 members (excludes halogenated alkanes) is 3. The van der Waals surface area contributed by atoms with Crippen LogP contribution in [-0.4, -0.2) is 16.8 Å². The van der Waals surface area contributed by atoms with Crippen molar-refractivity contribution >= 4 is 45.9 Å². The van der Waals surface area contributed by atoms with Gasteiger partial charge in [-0.25, -0.2) is 4.98 Å². The van der Waals surface area contributed by atoms with Gasteiger partial charge in [0.25, 0.3) is 0 Å². The van der Waals surface area contributed by atoms with E-state index in [9.17, 15) is 9.59 Å². The molecule has 0 radical (unpaired) electrons. The van der Waals surface area contributed by atoms with Crippen molar-refractivity contribution in [3.05, 3.63) is 89.9 Å². The van der Waals surface area contributed by atoms with Crippen molar-refractivity contribution in [3.8, 4) is 10.6 Å². The van der Waals surface area contributed by atoms with E-state index in [4.69, 9.17) is 5.73 Å². The van der Waals surface area contributed by atoms with Crippen LogP contribution in [0.2, 0.25) is 0 Å². The molecule has 0 fully saturated rings. The Morgan fingerprint density at radius 1 is 0.737 bits per heavy atom. The van der Waals surface area contributed by atoms with Crippen molar-refractivity contribution in [3.63, 3.8) is 0 Å². The maximum absolute atomic E-state index is 12.3. The van der Waals surface area contributed by atoms with Crippen LogP contribution in [0.15, 0.2) is 85.1 Å². The molecule has 196 valence electrons. The van der Waals surface area contributed by atoms with E-state index >= 15 is 0 Å². The van der Waals surface area contributed by atoms with Crippen LogP contribution in [0.3, 0.4) is 0 Å². The van der Waals surface area contributed by atoms with Crippen molar-refractivity contribution in [2.45, 2.75) is 45.1 Å². The molecule has 0 saturated heterocycles. The topological polar surface area (TPSA) is 109 Å². The number of carbonyl (C=O) groups is 2. The summed E-state index contributed by atoms with van der Waals surface area (Å²) in [4.78, 5) is 30.1. The van der Waals surface area contributed by atoms with Crippen LogP contribution in [0.5, 0.6) is 0 Å². The maximum Gasteiger partial charge on any atom is 0.224 e. The first-order valence-electron chi connectivity index (χ1n) is 12.8. The molecule has 0 saturated carbocycles. The van der Waals surface area contributed by atoms with E-state index in [2.05, 4.69) is 20.9 Å². The molecule has 4 rings (SSSR count). The Hall–Kier alpha value is -4.17. The highest BCUT2D eigenvalue weighted by atomic mass is 32.1. The molecule has 0 aliphatic heterocycles. The summed E-state index contributed by atoms with van der Waals surface area (Å²) >= 11 is 1.65. The Bertz CT molecular complexity index is 1320. The van der Waals surface area contributed by atoms with Gasteiger partial charge in [-0.3, -0.25) is 9.59 Å². The van der Waals surface area contributed by atoms with Crippen LogP contribution in [0, 0.1) is 0 Å². The number of nitrogens with zero attached hydrogens (tertiary/aromatic N) is 1. The van der Waals surface area contributed by atoms with Crippen molar-refractivity contribution < 1.29 is 9.59 Å². The number of nitrogens with one attached hydrogen (secondary N) is 3. The lowest BCUT2D eigenvalue weighted by atomic mass is 10.1. The van der Waals surface area contributed by atoms with Gasteiger partial charge in [-0.2, -0.15) is 0 Å². The molecule has 0 aliphatic rings. The van der Waals surface area contributed by atoms with Crippen LogP contribution in [0.4, 0.5) is 22.7 Å². The molecule has 3 aromatic carbocycles. The van der Waals surface area contributed by atoms with Gasteiger partial charge < -0.3 is 21.7 Å². The van der Waals surface area contributed by atoms with Crippen molar-refractivity contribution in [2.24, 2.45) is 0 Å². The molecule has 0 atom stereocenters. The summed E-state index contributed by atoms with van der Waals surface area (Å²) in [6, 6.07) is 25.1. The molecule has 0 spiro atoms. The van der Waals surface area contributed by atoms with Crippen LogP contribution in [-0.2, 0) is 16.1 Å². The van der Waals surface area contributed by atoms with E-state index in [1.54, 1.807) is 23.5 Å². The molecule has 0 unspecified atom stereocenters. The van der Waals surface area contributed by atoms with E-state index in [0.29, 0.717) is 24.2 Å². The van der Waals surface area contributed by atoms with Gasteiger partial charge in [0.05, 0.1) is 17.9 Å². The normalized spacial score (nSPS) is 10.6. The summed E-state index contributed by atoms with van der Waals surface area (Å²) in [5.74, 6) is -0.0412. The fourth-order valence-electron chi connectivity index (χ4n) is 3.94. The first-order valence-corrected chi connectivity index (χ1v) is 13.7. The lowest BCUT2D eigenvalue weighted by molar-refractivity contribution is -0.117. The highest BCUT2D eigenvalue weighted by molar-refractivity contribution is 7.15. The van der Waals surface area contributed by atoms with Gasteiger partial charge in [-0.05, 0) is 61.4 Å². The third-order valence-corrected chi connectivity index (χ3v) is 7.05. The van der Waals surface area contributed by atoms with Gasteiger partial charge in [0.1, 0.15) is 5.01 Å². The molecule has 0 aliphatic carbocycles. The summed E-state index contributed by atoms with van der Waals surface area (Å²) < 4.78 is 0. The predicted molar refractivity (Wildman–Crippen MR) is 157 cm³/mol. The maximum atomic E-state index is 12.3. The molecule has 1 heterocycles. The number of anilines is 4. The zero-order chi connectivity index (χ0) is 26.6. The minimum Gasteiger partial charge on any atom is -0.397 e. The fourth-order valence-corrected chi connectivity index (χ4v) is 4.79. The Morgan fingerprint density at radius 3 is 2.11 bits per heavy atom. The first-order chi connectivity index (χ1) is 18.6. The third kappa shape index (κ3) is 8.45. The zero-order valence-electron chi connectivity index (χ0n) is 21.3. The number of nitrogens with two attached hydrogens (primary N) is 1. The zero-order valence-corrected chi connectivity index (χ0v) is 22.1. The number of amides is 2. The molecule has 1 aromatic heterocycles. The molecule has 5 N–H and O–H groups in total. The number of benzene rings is 3. The monoisotopic (exact) mass is 527 g/mol. The SMILES string of the molecule is Nc1ccccc1NC(=O)CCCCCCC(=O)Nc1ccc(-c2ncc(CNc3ccccc3)s2)cc1. The van der Waals surface area contributed by atoms with Crippen LogP contribution in [0.1, 0.15) is 43.4 Å². The van der Waals surface area contributed by atoms with E-state index in [-0.39, 0.29) is 11.8 Å². The van der Waals surface area contributed by atoms with E-state index in [0.717, 1.165) is 59.1 Å². The van der Waals surface area contributed by atoms with Gasteiger partial charge in [-0.15, -0.1) is 11.3 Å². The average Bonchev–Trinajstić information content (AvgIpc) is 3.41. The van der Waals surface area contributed by atoms with Crippen LogP contribution >= 0.6 is 11.3 Å². The molecule has 0 bridgehead atoms. The molecule has 2 amide bonds. The molecular formula is C30H33N5O2S. The lowest BCUT2D eigenvalue weighted by Crippen LogP contribution is -2.12. The molecule has 7 nitrogen and oxygen atoms in total. The quantitative estimate of drug-likeness (QED) is 0.111. The van der Waals surface area contributed by atoms with Gasteiger partial charge in [0, 0.05) is 40.9 Å². The molecule has 4 aromatic rings. The first kappa shape index (κ1) is 26.9. The van der Waals surface area contributed by atoms with E-state index < -0.39 is 0 Å². The standard InChI is InChI=1S/C30H33N5O2S/c31-26-12-8-9-13-27(26)35-29(37)15-7-2-1-6-14-28(36)34-24-18-16-22(17-19-24)30-33-21-25(38-30)20-32-23-10-4-3-5-11-23/h3-5,8-13,16-19,21,32H,1-2,6-7,14-15,20,31H2,(H,34,36)(H,35,37). The molecule has 38 heavy (non-hydrogen) atoms. The van der Waals surface area contributed by atoms with E-state index in [1.807, 2.05) is 72.9 Å². The summed E-state index contributed by atoms with van der Waals surface area (Å²) in [6.07, 6.45) is 6.17. The highest BCUT2D eigenvalue weighted by Crippen LogP contribution is 2.27. The Balaban J connectivity index is 1.11. The number of rotatable bonds is 13. The van der Waals surface area contributed by atoms with Gasteiger partial charge in [0.15, 0.2) is 0 Å².